The molecule has 0 aliphatic heterocycles. The molecule has 2 N–H and O–H groups in total. The minimum absolute atomic E-state index is 0.330. The van der Waals surface area contributed by atoms with E-state index < -0.39 is 10.0 Å². The molecule has 0 spiro atoms. The summed E-state index contributed by atoms with van der Waals surface area (Å²) in [4.78, 5) is 4.98. The molecule has 0 aliphatic rings. The van der Waals surface area contributed by atoms with Gasteiger partial charge in [0.15, 0.2) is 0 Å². The standard InChI is InChI=1S/C13H17N3O2S2/c1-9-6-13(19-12(9)8-14-3)20(17,18)16-11-4-5-15-7-10(11)2/h4-7,14H,8H2,1-3H3,(H,15,16). The maximum atomic E-state index is 12.4. The smallest absolute Gasteiger partial charge is 0.271 e. The molecular weight excluding hydrogens is 294 g/mol. The first-order chi connectivity index (χ1) is 9.44. The lowest BCUT2D eigenvalue weighted by molar-refractivity contribution is 0.603. The zero-order valence-corrected chi connectivity index (χ0v) is 13.2. The fourth-order valence-electron chi connectivity index (χ4n) is 1.74. The number of hydrogen-bond acceptors (Lipinski definition) is 5. The van der Waals surface area contributed by atoms with Crippen molar-refractivity contribution in [3.63, 3.8) is 0 Å². The predicted molar refractivity (Wildman–Crippen MR) is 81.6 cm³/mol. The lowest BCUT2D eigenvalue weighted by Crippen LogP contribution is -2.12. The molecule has 108 valence electrons. The van der Waals surface area contributed by atoms with Crippen molar-refractivity contribution in [1.29, 1.82) is 0 Å². The summed E-state index contributed by atoms with van der Waals surface area (Å²) in [6.07, 6.45) is 3.20. The van der Waals surface area contributed by atoms with Gasteiger partial charge in [0.2, 0.25) is 0 Å². The molecule has 0 amide bonds. The van der Waals surface area contributed by atoms with Gasteiger partial charge in [-0.2, -0.15) is 0 Å². The van der Waals surface area contributed by atoms with Crippen LogP contribution in [0.3, 0.4) is 0 Å². The molecular formula is C13H17N3O2S2. The summed E-state index contributed by atoms with van der Waals surface area (Å²) < 4.78 is 27.7. The monoisotopic (exact) mass is 311 g/mol. The van der Waals surface area contributed by atoms with Crippen molar-refractivity contribution < 1.29 is 8.42 Å². The van der Waals surface area contributed by atoms with Crippen LogP contribution in [-0.2, 0) is 16.6 Å². The first kappa shape index (κ1) is 15.0. The Balaban J connectivity index is 2.31. The van der Waals surface area contributed by atoms with Crippen molar-refractivity contribution in [1.82, 2.24) is 10.3 Å². The zero-order chi connectivity index (χ0) is 14.8. The Labute approximate surface area is 123 Å². The molecule has 0 bridgehead atoms. The van der Waals surface area contributed by atoms with Crippen LogP contribution in [0.4, 0.5) is 5.69 Å². The number of pyridine rings is 1. The third-order valence-electron chi connectivity index (χ3n) is 2.86. The average molecular weight is 311 g/mol. The van der Waals surface area contributed by atoms with E-state index in [4.69, 9.17) is 0 Å². The SMILES string of the molecule is CNCc1sc(S(=O)(=O)Nc2ccncc2C)cc1C. The summed E-state index contributed by atoms with van der Waals surface area (Å²) in [5, 5.41) is 3.04. The average Bonchev–Trinajstić information content (AvgIpc) is 2.75. The van der Waals surface area contributed by atoms with Gasteiger partial charge in [-0.05, 0) is 44.2 Å². The van der Waals surface area contributed by atoms with E-state index in [-0.39, 0.29) is 0 Å². The van der Waals surface area contributed by atoms with E-state index in [9.17, 15) is 8.42 Å². The molecule has 0 atom stereocenters. The molecule has 5 nitrogen and oxygen atoms in total. The van der Waals surface area contributed by atoms with Gasteiger partial charge in [-0.3, -0.25) is 9.71 Å². The van der Waals surface area contributed by atoms with Gasteiger partial charge in [-0.1, -0.05) is 0 Å². The van der Waals surface area contributed by atoms with Crippen molar-refractivity contribution >= 4 is 27.0 Å². The van der Waals surface area contributed by atoms with Crippen LogP contribution in [0.2, 0.25) is 0 Å². The third kappa shape index (κ3) is 3.17. The molecule has 2 aromatic rings. The number of nitrogens with one attached hydrogen (secondary N) is 2. The van der Waals surface area contributed by atoms with Gasteiger partial charge in [0, 0.05) is 23.8 Å². The van der Waals surface area contributed by atoms with Crippen LogP contribution in [-0.4, -0.2) is 20.4 Å². The lowest BCUT2D eigenvalue weighted by Gasteiger charge is -2.08. The molecule has 0 saturated carbocycles. The van der Waals surface area contributed by atoms with E-state index in [2.05, 4.69) is 15.0 Å². The van der Waals surface area contributed by atoms with E-state index in [1.165, 1.54) is 11.3 Å². The highest BCUT2D eigenvalue weighted by atomic mass is 32.2. The van der Waals surface area contributed by atoms with Crippen LogP contribution in [0.1, 0.15) is 16.0 Å². The van der Waals surface area contributed by atoms with Gasteiger partial charge in [-0.25, -0.2) is 8.42 Å². The van der Waals surface area contributed by atoms with Crippen LogP contribution in [0.5, 0.6) is 0 Å². The second-order valence-corrected chi connectivity index (χ2v) is 7.54. The summed E-state index contributed by atoms with van der Waals surface area (Å²) in [5.74, 6) is 0. The van der Waals surface area contributed by atoms with Gasteiger partial charge < -0.3 is 5.32 Å². The first-order valence-electron chi connectivity index (χ1n) is 6.11. The fraction of sp³-hybridized carbons (Fsp3) is 0.308. The van der Waals surface area contributed by atoms with E-state index in [0.717, 1.165) is 16.0 Å². The van der Waals surface area contributed by atoms with Gasteiger partial charge in [0.1, 0.15) is 4.21 Å². The van der Waals surface area contributed by atoms with E-state index in [1.807, 2.05) is 20.9 Å². The van der Waals surface area contributed by atoms with Gasteiger partial charge in [0.25, 0.3) is 10.0 Å². The number of anilines is 1. The Hall–Kier alpha value is -1.44. The first-order valence-corrected chi connectivity index (χ1v) is 8.41. The summed E-state index contributed by atoms with van der Waals surface area (Å²) in [6.45, 7) is 4.40. The summed E-state index contributed by atoms with van der Waals surface area (Å²) in [6, 6.07) is 3.36. The highest BCUT2D eigenvalue weighted by Gasteiger charge is 2.19. The number of sulfonamides is 1. The second-order valence-electron chi connectivity index (χ2n) is 4.50. The van der Waals surface area contributed by atoms with Gasteiger partial charge in [-0.15, -0.1) is 11.3 Å². The van der Waals surface area contributed by atoms with Crippen LogP contribution in [0.15, 0.2) is 28.7 Å². The highest BCUT2D eigenvalue weighted by molar-refractivity contribution is 7.94. The third-order valence-corrected chi connectivity index (χ3v) is 5.94. The number of aryl methyl sites for hydroxylation is 2. The Kier molecular flexibility index (Phi) is 4.42. The Morgan fingerprint density at radius 3 is 2.70 bits per heavy atom. The normalized spacial score (nSPS) is 11.6. The van der Waals surface area contributed by atoms with Gasteiger partial charge in [0.05, 0.1) is 5.69 Å². The number of rotatable bonds is 5. The van der Waals surface area contributed by atoms with Gasteiger partial charge >= 0.3 is 0 Å². The van der Waals surface area contributed by atoms with Crippen molar-refractivity contribution in [2.75, 3.05) is 11.8 Å². The maximum Gasteiger partial charge on any atom is 0.271 e. The van der Waals surface area contributed by atoms with Crippen LogP contribution < -0.4 is 10.0 Å². The van der Waals surface area contributed by atoms with Crippen molar-refractivity contribution in [3.05, 3.63) is 40.5 Å². The topological polar surface area (TPSA) is 71.1 Å². The van der Waals surface area contributed by atoms with Crippen LogP contribution >= 0.6 is 11.3 Å². The maximum absolute atomic E-state index is 12.4. The predicted octanol–water partition coefficient (Wildman–Crippen LogP) is 2.28. The number of nitrogens with zero attached hydrogens (tertiary/aromatic N) is 1. The molecule has 0 saturated heterocycles. The number of aromatic nitrogens is 1. The number of hydrogen-bond donors (Lipinski definition) is 2. The molecule has 0 fully saturated rings. The molecule has 0 radical (unpaired) electrons. The molecule has 0 aliphatic carbocycles. The minimum atomic E-state index is -3.54. The lowest BCUT2D eigenvalue weighted by atomic mass is 10.3. The zero-order valence-electron chi connectivity index (χ0n) is 11.6. The second kappa shape index (κ2) is 5.90. The molecule has 0 unspecified atom stereocenters. The largest absolute Gasteiger partial charge is 0.315 e. The quantitative estimate of drug-likeness (QED) is 0.888. The molecule has 0 aromatic carbocycles. The van der Waals surface area contributed by atoms with E-state index in [1.54, 1.807) is 24.5 Å². The molecule has 7 heteroatoms. The molecule has 2 rings (SSSR count). The van der Waals surface area contributed by atoms with E-state index in [0.29, 0.717) is 16.4 Å². The molecule has 20 heavy (non-hydrogen) atoms. The van der Waals surface area contributed by atoms with Crippen LogP contribution in [0.25, 0.3) is 0 Å². The number of thiophene rings is 1. The summed E-state index contributed by atoms with van der Waals surface area (Å²) in [7, 11) is -1.70. The molecule has 2 aromatic heterocycles. The van der Waals surface area contributed by atoms with Crippen molar-refractivity contribution in [2.24, 2.45) is 0 Å². The summed E-state index contributed by atoms with van der Waals surface area (Å²) in [5.41, 5.74) is 2.33. The van der Waals surface area contributed by atoms with Crippen LogP contribution in [0, 0.1) is 13.8 Å². The van der Waals surface area contributed by atoms with E-state index >= 15 is 0 Å². The Morgan fingerprint density at radius 1 is 1.30 bits per heavy atom. The van der Waals surface area contributed by atoms with Crippen molar-refractivity contribution in [3.8, 4) is 0 Å². The minimum Gasteiger partial charge on any atom is -0.315 e. The Bertz CT molecular complexity index is 708. The fourth-order valence-corrected chi connectivity index (χ4v) is 4.47. The highest BCUT2D eigenvalue weighted by Crippen LogP contribution is 2.28. The Morgan fingerprint density at radius 2 is 2.05 bits per heavy atom. The van der Waals surface area contributed by atoms with Crippen molar-refractivity contribution in [2.45, 2.75) is 24.6 Å². The molecule has 2 heterocycles. The summed E-state index contributed by atoms with van der Waals surface area (Å²) >= 11 is 1.29.